The Labute approximate surface area is 165 Å². The summed E-state index contributed by atoms with van der Waals surface area (Å²) in [5.74, 6) is 0.313. The molecule has 7 nitrogen and oxygen atoms in total. The first-order valence-electron chi connectivity index (χ1n) is 8.64. The van der Waals surface area contributed by atoms with Crippen molar-refractivity contribution in [2.24, 2.45) is 0 Å². The predicted octanol–water partition coefficient (Wildman–Crippen LogP) is 4.02. The van der Waals surface area contributed by atoms with Gasteiger partial charge in [-0.2, -0.15) is 5.10 Å². The molecule has 2 aromatic heterocycles. The maximum Gasteiger partial charge on any atom is 0.221 e. The Kier molecular flexibility index (Phi) is 4.70. The molecule has 1 amide bonds. The van der Waals surface area contributed by atoms with Gasteiger partial charge in [-0.25, -0.2) is 9.97 Å². The fourth-order valence-corrected chi connectivity index (χ4v) is 3.69. The van der Waals surface area contributed by atoms with E-state index in [4.69, 9.17) is 5.73 Å². The molecule has 0 bridgehead atoms. The SMILES string of the molecule is CC(=O)Nc1ccc(Sc2nc(N)c3c(-c4cc(C)[nH]n4)cccc3n2)cc1. The molecule has 4 N–H and O–H groups in total. The van der Waals surface area contributed by atoms with Gasteiger partial charge in [0.2, 0.25) is 5.91 Å². The lowest BCUT2D eigenvalue weighted by atomic mass is 10.1. The van der Waals surface area contributed by atoms with E-state index in [1.807, 2.05) is 55.5 Å². The van der Waals surface area contributed by atoms with E-state index in [0.29, 0.717) is 11.0 Å². The molecule has 2 heterocycles. The molecule has 0 fully saturated rings. The summed E-state index contributed by atoms with van der Waals surface area (Å²) in [5.41, 5.74) is 10.5. The number of aryl methyl sites for hydroxylation is 1. The van der Waals surface area contributed by atoms with Crippen LogP contribution in [-0.4, -0.2) is 26.1 Å². The molecule has 4 rings (SSSR count). The molecule has 0 spiro atoms. The van der Waals surface area contributed by atoms with E-state index in [9.17, 15) is 4.79 Å². The zero-order chi connectivity index (χ0) is 19.7. The summed E-state index contributed by atoms with van der Waals surface area (Å²) < 4.78 is 0. The molecule has 2 aromatic carbocycles. The Hall–Kier alpha value is -3.39. The van der Waals surface area contributed by atoms with E-state index in [-0.39, 0.29) is 5.91 Å². The summed E-state index contributed by atoms with van der Waals surface area (Å²) in [6.45, 7) is 3.43. The molecule has 0 atom stereocenters. The number of nitrogen functional groups attached to an aromatic ring is 1. The van der Waals surface area contributed by atoms with Gasteiger partial charge in [0.1, 0.15) is 5.82 Å². The van der Waals surface area contributed by atoms with Gasteiger partial charge in [0.05, 0.1) is 16.6 Å². The number of aromatic amines is 1. The van der Waals surface area contributed by atoms with Crippen LogP contribution in [0.4, 0.5) is 11.5 Å². The maximum atomic E-state index is 11.1. The third-order valence-electron chi connectivity index (χ3n) is 4.10. The van der Waals surface area contributed by atoms with E-state index in [2.05, 4.69) is 25.5 Å². The minimum atomic E-state index is -0.103. The van der Waals surface area contributed by atoms with Crippen LogP contribution in [0.25, 0.3) is 22.2 Å². The van der Waals surface area contributed by atoms with Gasteiger partial charge in [-0.15, -0.1) is 0 Å². The van der Waals surface area contributed by atoms with Gasteiger partial charge < -0.3 is 11.1 Å². The fourth-order valence-electron chi connectivity index (χ4n) is 2.92. The van der Waals surface area contributed by atoms with Crippen molar-refractivity contribution in [1.82, 2.24) is 20.2 Å². The highest BCUT2D eigenvalue weighted by Crippen LogP contribution is 2.33. The van der Waals surface area contributed by atoms with E-state index in [1.165, 1.54) is 18.7 Å². The number of nitrogens with one attached hydrogen (secondary N) is 2. The molecule has 28 heavy (non-hydrogen) atoms. The third-order valence-corrected chi connectivity index (χ3v) is 4.97. The second-order valence-corrected chi connectivity index (χ2v) is 7.38. The highest BCUT2D eigenvalue weighted by Gasteiger charge is 2.13. The molecule has 0 saturated carbocycles. The molecular formula is C20H18N6OS. The number of nitrogens with two attached hydrogens (primary N) is 1. The van der Waals surface area contributed by atoms with Crippen LogP contribution in [0.2, 0.25) is 0 Å². The summed E-state index contributed by atoms with van der Waals surface area (Å²) in [7, 11) is 0. The van der Waals surface area contributed by atoms with Crippen molar-refractivity contribution in [2.45, 2.75) is 23.9 Å². The fraction of sp³-hybridized carbons (Fsp3) is 0.100. The number of fused-ring (bicyclic) bond motifs is 1. The number of nitrogens with zero attached hydrogens (tertiary/aromatic N) is 3. The van der Waals surface area contributed by atoms with Crippen LogP contribution in [0.5, 0.6) is 0 Å². The monoisotopic (exact) mass is 390 g/mol. The zero-order valence-electron chi connectivity index (χ0n) is 15.4. The smallest absolute Gasteiger partial charge is 0.221 e. The largest absolute Gasteiger partial charge is 0.383 e. The van der Waals surface area contributed by atoms with Gasteiger partial charge in [-0.05, 0) is 55.1 Å². The lowest BCUT2D eigenvalue weighted by Gasteiger charge is -2.09. The summed E-state index contributed by atoms with van der Waals surface area (Å²) in [6.07, 6.45) is 0. The van der Waals surface area contributed by atoms with Gasteiger partial charge in [-0.1, -0.05) is 12.1 Å². The molecule has 0 aliphatic heterocycles. The number of H-pyrrole nitrogens is 1. The topological polar surface area (TPSA) is 110 Å². The second-order valence-electron chi connectivity index (χ2n) is 6.33. The van der Waals surface area contributed by atoms with Crippen molar-refractivity contribution < 1.29 is 4.79 Å². The summed E-state index contributed by atoms with van der Waals surface area (Å²) in [4.78, 5) is 21.2. The van der Waals surface area contributed by atoms with Gasteiger partial charge in [0.15, 0.2) is 5.16 Å². The van der Waals surface area contributed by atoms with Crippen LogP contribution in [0, 0.1) is 6.92 Å². The molecular weight excluding hydrogens is 372 g/mol. The van der Waals surface area contributed by atoms with Crippen LogP contribution in [0.15, 0.2) is 58.6 Å². The standard InChI is InChI=1S/C20H18N6OS/c1-11-10-17(26-25-11)15-4-3-5-16-18(15)19(21)24-20(23-16)28-14-8-6-13(7-9-14)22-12(2)27/h3-10H,1-2H3,(H,22,27)(H,25,26)(H2,21,23,24). The number of rotatable bonds is 4. The van der Waals surface area contributed by atoms with E-state index < -0.39 is 0 Å². The van der Waals surface area contributed by atoms with Crippen molar-refractivity contribution in [3.63, 3.8) is 0 Å². The Bertz CT molecular complexity index is 1170. The van der Waals surface area contributed by atoms with Gasteiger partial charge in [0, 0.05) is 28.8 Å². The molecule has 0 saturated heterocycles. The minimum absolute atomic E-state index is 0.103. The Morgan fingerprint density at radius 3 is 2.61 bits per heavy atom. The van der Waals surface area contributed by atoms with Crippen LogP contribution < -0.4 is 11.1 Å². The van der Waals surface area contributed by atoms with Crippen LogP contribution in [0.3, 0.4) is 0 Å². The first-order valence-corrected chi connectivity index (χ1v) is 9.45. The van der Waals surface area contributed by atoms with Crippen molar-refractivity contribution >= 4 is 40.1 Å². The van der Waals surface area contributed by atoms with E-state index in [0.717, 1.165) is 38.4 Å². The van der Waals surface area contributed by atoms with Gasteiger partial charge in [-0.3, -0.25) is 9.89 Å². The molecule has 4 aromatic rings. The normalized spacial score (nSPS) is 10.9. The van der Waals surface area contributed by atoms with Crippen LogP contribution in [-0.2, 0) is 4.79 Å². The average Bonchev–Trinajstić information content (AvgIpc) is 3.09. The Balaban J connectivity index is 1.67. The van der Waals surface area contributed by atoms with Crippen molar-refractivity contribution in [3.8, 4) is 11.3 Å². The number of anilines is 2. The molecule has 0 radical (unpaired) electrons. The Morgan fingerprint density at radius 2 is 1.93 bits per heavy atom. The van der Waals surface area contributed by atoms with Crippen LogP contribution in [0.1, 0.15) is 12.6 Å². The number of benzene rings is 2. The highest BCUT2D eigenvalue weighted by atomic mass is 32.2. The number of aromatic nitrogens is 4. The minimum Gasteiger partial charge on any atom is -0.383 e. The first-order chi connectivity index (χ1) is 13.5. The molecule has 140 valence electrons. The lowest BCUT2D eigenvalue weighted by Crippen LogP contribution is -2.05. The molecule has 0 unspecified atom stereocenters. The van der Waals surface area contributed by atoms with Crippen molar-refractivity contribution in [1.29, 1.82) is 0 Å². The lowest BCUT2D eigenvalue weighted by molar-refractivity contribution is -0.114. The summed E-state index contributed by atoms with van der Waals surface area (Å²) >= 11 is 1.41. The number of carbonyl (C=O) groups is 1. The number of carbonyl (C=O) groups excluding carboxylic acids is 1. The van der Waals surface area contributed by atoms with Crippen LogP contribution >= 0.6 is 11.8 Å². The number of amides is 1. The second kappa shape index (κ2) is 7.32. The first kappa shape index (κ1) is 18.0. The quantitative estimate of drug-likeness (QED) is 0.454. The summed E-state index contributed by atoms with van der Waals surface area (Å²) in [5, 5.41) is 11.4. The van der Waals surface area contributed by atoms with Crippen molar-refractivity contribution in [2.75, 3.05) is 11.1 Å². The predicted molar refractivity (Wildman–Crippen MR) is 111 cm³/mol. The van der Waals surface area contributed by atoms with E-state index in [1.54, 1.807) is 0 Å². The number of hydrogen-bond donors (Lipinski definition) is 3. The maximum absolute atomic E-state index is 11.1. The third kappa shape index (κ3) is 3.67. The highest BCUT2D eigenvalue weighted by molar-refractivity contribution is 7.99. The Morgan fingerprint density at radius 1 is 1.14 bits per heavy atom. The van der Waals surface area contributed by atoms with Gasteiger partial charge >= 0.3 is 0 Å². The van der Waals surface area contributed by atoms with E-state index >= 15 is 0 Å². The van der Waals surface area contributed by atoms with Gasteiger partial charge in [0.25, 0.3) is 0 Å². The summed E-state index contributed by atoms with van der Waals surface area (Å²) in [6, 6.07) is 15.3. The molecule has 0 aliphatic carbocycles. The van der Waals surface area contributed by atoms with Crippen molar-refractivity contribution in [3.05, 3.63) is 54.2 Å². The average molecular weight is 390 g/mol. The number of hydrogen-bond acceptors (Lipinski definition) is 6. The zero-order valence-corrected chi connectivity index (χ0v) is 16.2. The molecule has 8 heteroatoms. The molecule has 0 aliphatic rings.